The number of amides is 1. The Hall–Kier alpha value is -1.51. The van der Waals surface area contributed by atoms with Gasteiger partial charge in [-0.1, -0.05) is 25.5 Å². The first kappa shape index (κ1) is 18.5. The average molecular weight is 418 g/mol. The Morgan fingerprint density at radius 1 is 1.41 bits per heavy atom. The molecular formula is C15H23IN4O2. The van der Waals surface area contributed by atoms with E-state index in [2.05, 4.69) is 17.2 Å². The van der Waals surface area contributed by atoms with Crippen molar-refractivity contribution in [2.45, 2.75) is 26.3 Å². The number of hydrogen-bond acceptors (Lipinski definition) is 3. The molecule has 0 radical (unpaired) electrons. The van der Waals surface area contributed by atoms with E-state index >= 15 is 0 Å². The van der Waals surface area contributed by atoms with Crippen molar-refractivity contribution in [3.05, 3.63) is 29.8 Å². The van der Waals surface area contributed by atoms with E-state index in [0.717, 1.165) is 30.6 Å². The van der Waals surface area contributed by atoms with Crippen molar-refractivity contribution < 1.29 is 9.53 Å². The number of anilines is 1. The number of ether oxygens (including phenoxy) is 1. The van der Waals surface area contributed by atoms with Gasteiger partial charge in [-0.2, -0.15) is 0 Å². The molecule has 0 bridgehead atoms. The van der Waals surface area contributed by atoms with Crippen molar-refractivity contribution in [3.8, 4) is 0 Å². The minimum Gasteiger partial charge on any atom is -0.447 e. The van der Waals surface area contributed by atoms with Crippen LogP contribution < -0.4 is 16.0 Å². The molecule has 1 fully saturated rings. The van der Waals surface area contributed by atoms with Gasteiger partial charge in [0, 0.05) is 12.2 Å². The lowest BCUT2D eigenvalue weighted by atomic mass is 10.2. The fourth-order valence-electron chi connectivity index (χ4n) is 2.03. The van der Waals surface area contributed by atoms with E-state index in [4.69, 9.17) is 10.5 Å². The van der Waals surface area contributed by atoms with Crippen LogP contribution >= 0.6 is 24.0 Å². The van der Waals surface area contributed by atoms with E-state index in [9.17, 15) is 4.79 Å². The number of guanidine groups is 1. The van der Waals surface area contributed by atoms with Crippen molar-refractivity contribution in [3.63, 3.8) is 0 Å². The van der Waals surface area contributed by atoms with Gasteiger partial charge in [-0.25, -0.2) is 9.79 Å². The fraction of sp³-hybridized carbons (Fsp3) is 0.467. The van der Waals surface area contributed by atoms with E-state index in [1.807, 2.05) is 24.3 Å². The summed E-state index contributed by atoms with van der Waals surface area (Å²) in [5.74, 6) is 0.468. The number of rotatable bonds is 6. The Balaban J connectivity index is 0.00000242. The summed E-state index contributed by atoms with van der Waals surface area (Å²) < 4.78 is 4.92. The zero-order valence-corrected chi connectivity index (χ0v) is 15.1. The summed E-state index contributed by atoms with van der Waals surface area (Å²) in [6.07, 6.45) is 1.92. The van der Waals surface area contributed by atoms with Gasteiger partial charge < -0.3 is 15.8 Å². The summed E-state index contributed by atoms with van der Waals surface area (Å²) in [7, 11) is 0. The minimum atomic E-state index is -0.287. The predicted molar refractivity (Wildman–Crippen MR) is 98.8 cm³/mol. The predicted octanol–water partition coefficient (Wildman–Crippen LogP) is 2.47. The van der Waals surface area contributed by atoms with Crippen LogP contribution in [0, 0.1) is 0 Å². The lowest BCUT2D eigenvalue weighted by Crippen LogP contribution is -2.32. The molecule has 1 aliphatic heterocycles. The molecule has 1 aliphatic rings. The number of nitrogens with two attached hydrogens (primary N) is 1. The maximum atomic E-state index is 11.5. The zero-order valence-electron chi connectivity index (χ0n) is 12.7. The third-order valence-corrected chi connectivity index (χ3v) is 3.28. The Bertz CT molecular complexity index is 505. The molecule has 1 amide bonds. The topological polar surface area (TPSA) is 79.9 Å². The molecule has 0 spiro atoms. The number of carbonyl (C=O) groups excluding carboxylic acids is 1. The van der Waals surface area contributed by atoms with E-state index < -0.39 is 0 Å². The normalized spacial score (nSPS) is 14.5. The molecule has 0 atom stereocenters. The molecule has 3 N–H and O–H groups in total. The Morgan fingerprint density at radius 3 is 2.73 bits per heavy atom. The average Bonchev–Trinajstić information content (AvgIpc) is 2.92. The SMILES string of the molecule is CCCCNC(N)=NCc1ccc(N2CCOC2=O)cc1.I. The van der Waals surface area contributed by atoms with Crippen LogP contribution in [0.3, 0.4) is 0 Å². The highest BCUT2D eigenvalue weighted by molar-refractivity contribution is 14.0. The molecule has 1 aromatic rings. The smallest absolute Gasteiger partial charge is 0.414 e. The molecule has 2 rings (SSSR count). The molecule has 0 unspecified atom stereocenters. The van der Waals surface area contributed by atoms with Gasteiger partial charge >= 0.3 is 6.09 Å². The summed E-state index contributed by atoms with van der Waals surface area (Å²) >= 11 is 0. The number of benzene rings is 1. The first-order valence-corrected chi connectivity index (χ1v) is 7.27. The summed E-state index contributed by atoms with van der Waals surface area (Å²) in [4.78, 5) is 17.4. The molecule has 0 aliphatic carbocycles. The maximum absolute atomic E-state index is 11.5. The van der Waals surface area contributed by atoms with Crippen molar-refractivity contribution >= 4 is 41.7 Å². The van der Waals surface area contributed by atoms with Gasteiger partial charge in [0.05, 0.1) is 13.1 Å². The molecule has 6 nitrogen and oxygen atoms in total. The Labute approximate surface area is 148 Å². The highest BCUT2D eigenvalue weighted by atomic mass is 127. The number of hydrogen-bond donors (Lipinski definition) is 2. The number of nitrogens with zero attached hydrogens (tertiary/aromatic N) is 2. The first-order valence-electron chi connectivity index (χ1n) is 7.27. The van der Waals surface area contributed by atoms with Gasteiger partial charge in [-0.3, -0.25) is 4.90 Å². The van der Waals surface area contributed by atoms with E-state index in [1.54, 1.807) is 4.90 Å². The third kappa shape index (κ3) is 5.36. The monoisotopic (exact) mass is 418 g/mol. The van der Waals surface area contributed by atoms with Crippen LogP contribution in [-0.2, 0) is 11.3 Å². The van der Waals surface area contributed by atoms with Crippen LogP contribution in [0.25, 0.3) is 0 Å². The number of aliphatic imine (C=N–C) groups is 1. The number of cyclic esters (lactones) is 1. The fourth-order valence-corrected chi connectivity index (χ4v) is 2.03. The van der Waals surface area contributed by atoms with Crippen molar-refractivity contribution in [1.29, 1.82) is 0 Å². The van der Waals surface area contributed by atoms with Crippen LogP contribution in [0.5, 0.6) is 0 Å². The molecule has 122 valence electrons. The van der Waals surface area contributed by atoms with Crippen molar-refractivity contribution in [1.82, 2.24) is 5.32 Å². The summed E-state index contributed by atoms with van der Waals surface area (Å²) in [5.41, 5.74) is 7.67. The van der Waals surface area contributed by atoms with Crippen molar-refractivity contribution in [2.24, 2.45) is 10.7 Å². The maximum Gasteiger partial charge on any atom is 0.414 e. The number of unbranched alkanes of at least 4 members (excludes halogenated alkanes) is 1. The van der Waals surface area contributed by atoms with Gasteiger partial charge in [0.1, 0.15) is 6.61 Å². The van der Waals surface area contributed by atoms with Crippen LogP contribution in [0.1, 0.15) is 25.3 Å². The molecule has 1 aromatic carbocycles. The zero-order chi connectivity index (χ0) is 15.1. The third-order valence-electron chi connectivity index (χ3n) is 3.28. The van der Waals surface area contributed by atoms with Crippen LogP contribution in [0.2, 0.25) is 0 Å². The van der Waals surface area contributed by atoms with Gasteiger partial charge in [0.15, 0.2) is 5.96 Å². The van der Waals surface area contributed by atoms with Gasteiger partial charge in [-0.15, -0.1) is 24.0 Å². The first-order chi connectivity index (χ1) is 10.2. The second-order valence-electron chi connectivity index (χ2n) is 4.91. The van der Waals surface area contributed by atoms with Gasteiger partial charge in [-0.05, 0) is 24.1 Å². The number of halogens is 1. The molecule has 22 heavy (non-hydrogen) atoms. The summed E-state index contributed by atoms with van der Waals surface area (Å²) in [6.45, 7) is 4.56. The minimum absolute atomic E-state index is 0. The lowest BCUT2D eigenvalue weighted by molar-refractivity contribution is 0.181. The van der Waals surface area contributed by atoms with E-state index in [1.165, 1.54) is 0 Å². The molecular weight excluding hydrogens is 395 g/mol. The van der Waals surface area contributed by atoms with Gasteiger partial charge in [0.25, 0.3) is 0 Å². The molecule has 0 saturated carbocycles. The number of carbonyl (C=O) groups is 1. The molecule has 7 heteroatoms. The molecule has 1 saturated heterocycles. The van der Waals surface area contributed by atoms with E-state index in [-0.39, 0.29) is 30.1 Å². The lowest BCUT2D eigenvalue weighted by Gasteiger charge is -2.12. The number of nitrogens with one attached hydrogen (secondary N) is 1. The van der Waals surface area contributed by atoms with Crippen LogP contribution in [0.15, 0.2) is 29.3 Å². The van der Waals surface area contributed by atoms with Gasteiger partial charge in [0.2, 0.25) is 0 Å². The highest BCUT2D eigenvalue weighted by Gasteiger charge is 2.23. The largest absolute Gasteiger partial charge is 0.447 e. The van der Waals surface area contributed by atoms with E-state index in [0.29, 0.717) is 25.7 Å². The summed E-state index contributed by atoms with van der Waals surface area (Å²) in [6, 6.07) is 7.70. The molecule has 0 aromatic heterocycles. The Morgan fingerprint density at radius 2 is 2.14 bits per heavy atom. The standard InChI is InChI=1S/C15H22N4O2.HI/c1-2-3-8-17-14(16)18-11-12-4-6-13(7-5-12)19-9-10-21-15(19)20;/h4-7H,2-3,8-11H2,1H3,(H3,16,17,18);1H. The van der Waals surface area contributed by atoms with Crippen molar-refractivity contribution in [2.75, 3.05) is 24.6 Å². The second kappa shape index (κ2) is 9.50. The van der Waals surface area contributed by atoms with Crippen LogP contribution in [-0.4, -0.2) is 31.7 Å². The highest BCUT2D eigenvalue weighted by Crippen LogP contribution is 2.19. The quantitative estimate of drug-likeness (QED) is 0.322. The summed E-state index contributed by atoms with van der Waals surface area (Å²) in [5, 5.41) is 3.07. The Kier molecular flexibility index (Phi) is 8.00. The molecule has 1 heterocycles. The second-order valence-corrected chi connectivity index (χ2v) is 4.91. The van der Waals surface area contributed by atoms with Crippen LogP contribution in [0.4, 0.5) is 10.5 Å².